The van der Waals surface area contributed by atoms with E-state index >= 15 is 0 Å². The maximum absolute atomic E-state index is 5.69. The largest absolute Gasteiger partial charge is 0.454 e. The summed E-state index contributed by atoms with van der Waals surface area (Å²) in [6.45, 7) is 0.280. The molecule has 0 radical (unpaired) electrons. The molecule has 0 spiro atoms. The van der Waals surface area contributed by atoms with Gasteiger partial charge in [-0.05, 0) is 30.0 Å². The summed E-state index contributed by atoms with van der Waals surface area (Å²) in [6.07, 6.45) is 7.72. The van der Waals surface area contributed by atoms with Crippen molar-refractivity contribution in [2.45, 2.75) is 38.5 Å². The Bertz CT molecular complexity index is 696. The number of benzene rings is 1. The molecule has 1 fully saturated rings. The summed E-state index contributed by atoms with van der Waals surface area (Å²) in [6, 6.07) is 6.12. The minimum Gasteiger partial charge on any atom is -0.454 e. The van der Waals surface area contributed by atoms with Gasteiger partial charge in [-0.3, -0.25) is 0 Å². The highest BCUT2D eigenvalue weighted by Crippen LogP contribution is 2.37. The van der Waals surface area contributed by atoms with Crippen LogP contribution in [0, 0.1) is 5.92 Å². The Labute approximate surface area is 129 Å². The molecule has 4 rings (SSSR count). The molecule has 1 aromatic carbocycles. The monoisotopic (exact) mass is 299 g/mol. The van der Waals surface area contributed by atoms with Crippen molar-refractivity contribution in [2.24, 2.45) is 11.8 Å². The second kappa shape index (κ2) is 5.65. The first kappa shape index (κ1) is 13.6. The highest BCUT2D eigenvalue weighted by molar-refractivity contribution is 5.85. The summed E-state index contributed by atoms with van der Waals surface area (Å²) in [7, 11) is 0. The topological polar surface area (TPSA) is 69.4 Å². The second-order valence-electron chi connectivity index (χ2n) is 6.25. The lowest BCUT2D eigenvalue weighted by Gasteiger charge is -2.22. The number of pyridine rings is 1. The zero-order valence-corrected chi connectivity index (χ0v) is 12.6. The van der Waals surface area contributed by atoms with Crippen LogP contribution in [-0.4, -0.2) is 11.8 Å². The maximum Gasteiger partial charge on any atom is 0.231 e. The van der Waals surface area contributed by atoms with Gasteiger partial charge in [0.05, 0.1) is 5.52 Å². The van der Waals surface area contributed by atoms with E-state index in [4.69, 9.17) is 15.3 Å². The van der Waals surface area contributed by atoms with Crippen LogP contribution in [0.25, 0.3) is 10.9 Å². The first-order chi connectivity index (χ1) is 10.8. The van der Waals surface area contributed by atoms with E-state index in [1.165, 1.54) is 37.7 Å². The molecule has 0 saturated heterocycles. The average Bonchev–Trinajstić information content (AvgIpc) is 3.00. The molecule has 1 saturated carbocycles. The summed E-state index contributed by atoms with van der Waals surface area (Å²) in [5, 5.41) is 1.08. The number of nitrogens with one attached hydrogen (secondary N) is 1. The predicted molar refractivity (Wildman–Crippen MR) is 86.0 cm³/mol. The van der Waals surface area contributed by atoms with Crippen LogP contribution in [0.5, 0.6) is 11.5 Å². The molecule has 22 heavy (non-hydrogen) atoms. The van der Waals surface area contributed by atoms with Crippen LogP contribution in [0.3, 0.4) is 0 Å². The third-order valence-electron chi connectivity index (χ3n) is 4.76. The van der Waals surface area contributed by atoms with E-state index in [9.17, 15) is 0 Å². The Hall–Kier alpha value is -2.01. The lowest BCUT2D eigenvalue weighted by molar-refractivity contribution is 0.174. The van der Waals surface area contributed by atoms with Gasteiger partial charge in [-0.1, -0.05) is 32.1 Å². The average molecular weight is 299 g/mol. The van der Waals surface area contributed by atoms with Gasteiger partial charge in [0.2, 0.25) is 6.79 Å². The number of anilines is 1. The minimum atomic E-state index is 0.280. The number of hydrogen-bond donors (Lipinski definition) is 2. The van der Waals surface area contributed by atoms with Crippen molar-refractivity contribution in [1.82, 2.24) is 4.98 Å². The number of nitrogens with two attached hydrogens (primary N) is 1. The SMILES string of the molecule is NNc1nc2cc3c(cc2cc1CC1CCCCC1)OCO3. The quantitative estimate of drug-likeness (QED) is 0.671. The van der Waals surface area contributed by atoms with Gasteiger partial charge in [0.25, 0.3) is 0 Å². The Morgan fingerprint density at radius 2 is 1.86 bits per heavy atom. The Morgan fingerprint density at radius 1 is 1.09 bits per heavy atom. The molecule has 2 aromatic rings. The first-order valence-electron chi connectivity index (χ1n) is 8.03. The molecule has 1 aromatic heterocycles. The predicted octanol–water partition coefficient (Wildman–Crippen LogP) is 3.37. The zero-order chi connectivity index (χ0) is 14.9. The molecule has 5 nitrogen and oxygen atoms in total. The van der Waals surface area contributed by atoms with Crippen LogP contribution in [0.1, 0.15) is 37.7 Å². The molecule has 1 aliphatic carbocycles. The number of aromatic nitrogens is 1. The van der Waals surface area contributed by atoms with E-state index in [0.717, 1.165) is 40.6 Å². The number of nitrogen functional groups attached to an aromatic ring is 1. The third kappa shape index (κ3) is 2.46. The van der Waals surface area contributed by atoms with Crippen molar-refractivity contribution < 1.29 is 9.47 Å². The lowest BCUT2D eigenvalue weighted by atomic mass is 9.85. The molecule has 5 heteroatoms. The van der Waals surface area contributed by atoms with Gasteiger partial charge in [0.15, 0.2) is 11.5 Å². The molecule has 2 heterocycles. The van der Waals surface area contributed by atoms with Crippen LogP contribution in [0.2, 0.25) is 0 Å². The van der Waals surface area contributed by atoms with Gasteiger partial charge in [-0.25, -0.2) is 10.8 Å². The number of nitrogens with zero attached hydrogens (tertiary/aromatic N) is 1. The van der Waals surface area contributed by atoms with Gasteiger partial charge >= 0.3 is 0 Å². The van der Waals surface area contributed by atoms with Gasteiger partial charge < -0.3 is 14.9 Å². The number of hydrogen-bond acceptors (Lipinski definition) is 5. The van der Waals surface area contributed by atoms with Crippen molar-refractivity contribution >= 4 is 16.7 Å². The highest BCUT2D eigenvalue weighted by atomic mass is 16.7. The first-order valence-corrected chi connectivity index (χ1v) is 8.03. The summed E-state index contributed by atoms with van der Waals surface area (Å²) in [5.74, 6) is 8.76. The molecular weight excluding hydrogens is 278 g/mol. The van der Waals surface area contributed by atoms with E-state index < -0.39 is 0 Å². The fourth-order valence-electron chi connectivity index (χ4n) is 3.59. The van der Waals surface area contributed by atoms with Crippen molar-refractivity contribution in [3.63, 3.8) is 0 Å². The van der Waals surface area contributed by atoms with E-state index in [1.807, 2.05) is 12.1 Å². The van der Waals surface area contributed by atoms with Gasteiger partial charge in [-0.15, -0.1) is 0 Å². The lowest BCUT2D eigenvalue weighted by Crippen LogP contribution is -2.15. The molecule has 0 atom stereocenters. The summed E-state index contributed by atoms with van der Waals surface area (Å²) < 4.78 is 10.9. The summed E-state index contributed by atoms with van der Waals surface area (Å²) in [5.41, 5.74) is 4.84. The molecule has 2 aliphatic rings. The zero-order valence-electron chi connectivity index (χ0n) is 12.6. The van der Waals surface area contributed by atoms with Gasteiger partial charge in [-0.2, -0.15) is 0 Å². The molecule has 3 N–H and O–H groups in total. The number of ether oxygens (including phenoxy) is 2. The van der Waals surface area contributed by atoms with Gasteiger partial charge in [0.1, 0.15) is 5.82 Å². The normalized spacial score (nSPS) is 17.9. The van der Waals surface area contributed by atoms with Crippen LogP contribution >= 0.6 is 0 Å². The molecule has 0 bridgehead atoms. The summed E-state index contributed by atoms with van der Waals surface area (Å²) in [4.78, 5) is 4.66. The number of hydrazine groups is 1. The van der Waals surface area contributed by atoms with Crippen LogP contribution in [-0.2, 0) is 6.42 Å². The highest BCUT2D eigenvalue weighted by Gasteiger charge is 2.19. The molecular formula is C17H21N3O2. The Balaban J connectivity index is 1.71. The second-order valence-corrected chi connectivity index (χ2v) is 6.25. The van der Waals surface area contributed by atoms with E-state index in [1.54, 1.807) is 0 Å². The van der Waals surface area contributed by atoms with Crippen LogP contribution in [0.15, 0.2) is 18.2 Å². The Kier molecular flexibility index (Phi) is 3.50. The van der Waals surface area contributed by atoms with Crippen LogP contribution in [0.4, 0.5) is 5.82 Å². The van der Waals surface area contributed by atoms with Crippen molar-refractivity contribution in [3.8, 4) is 11.5 Å². The molecule has 1 aliphatic heterocycles. The fourth-order valence-corrected chi connectivity index (χ4v) is 3.59. The molecule has 0 amide bonds. The van der Waals surface area contributed by atoms with E-state index in [2.05, 4.69) is 16.5 Å². The fraction of sp³-hybridized carbons (Fsp3) is 0.471. The molecule has 0 unspecified atom stereocenters. The smallest absolute Gasteiger partial charge is 0.231 e. The van der Waals surface area contributed by atoms with E-state index in [-0.39, 0.29) is 6.79 Å². The van der Waals surface area contributed by atoms with Crippen molar-refractivity contribution in [1.29, 1.82) is 0 Å². The summed E-state index contributed by atoms with van der Waals surface area (Å²) >= 11 is 0. The standard InChI is InChI=1S/C17H21N3O2/c18-20-17-13(6-11-4-2-1-3-5-11)7-12-8-15-16(22-10-21-15)9-14(12)19-17/h7-9,11H,1-6,10,18H2,(H,19,20). The Morgan fingerprint density at radius 3 is 2.64 bits per heavy atom. The maximum atomic E-state index is 5.69. The third-order valence-corrected chi connectivity index (χ3v) is 4.76. The number of rotatable bonds is 3. The molecule has 116 valence electrons. The minimum absolute atomic E-state index is 0.280. The van der Waals surface area contributed by atoms with Crippen LogP contribution < -0.4 is 20.7 Å². The van der Waals surface area contributed by atoms with Gasteiger partial charge in [0, 0.05) is 11.5 Å². The number of fused-ring (bicyclic) bond motifs is 2. The van der Waals surface area contributed by atoms with Crippen molar-refractivity contribution in [2.75, 3.05) is 12.2 Å². The van der Waals surface area contributed by atoms with Crippen molar-refractivity contribution in [3.05, 3.63) is 23.8 Å². The van der Waals surface area contributed by atoms with E-state index in [0.29, 0.717) is 0 Å².